The van der Waals surface area contributed by atoms with Crippen LogP contribution in [0.4, 0.5) is 0 Å². The van der Waals surface area contributed by atoms with Crippen molar-refractivity contribution in [1.29, 1.82) is 0 Å². The van der Waals surface area contributed by atoms with E-state index in [-0.39, 0.29) is 17.2 Å². The van der Waals surface area contributed by atoms with Gasteiger partial charge in [-0.1, -0.05) is 61.7 Å². The molecule has 1 aliphatic carbocycles. The van der Waals surface area contributed by atoms with Gasteiger partial charge in [0.1, 0.15) is 0 Å². The summed E-state index contributed by atoms with van der Waals surface area (Å²) in [7, 11) is 0. The molecule has 5 nitrogen and oxygen atoms in total. The summed E-state index contributed by atoms with van der Waals surface area (Å²) in [5.74, 6) is 1.17. The second-order valence-electron chi connectivity index (χ2n) is 6.82. The number of aromatic nitrogens is 3. The normalized spacial score (nSPS) is 25.1. The molecule has 1 saturated carbocycles. The molecule has 136 valence electrons. The monoisotopic (exact) mass is 400 g/mol. The zero-order valence-electron chi connectivity index (χ0n) is 14.5. The number of carbonyl (C=O) groups excluding carboxylic acids is 1. The number of pyridine rings is 1. The molecule has 3 rings (SSSR count). The summed E-state index contributed by atoms with van der Waals surface area (Å²) in [5.41, 5.74) is 0.538. The molecule has 0 spiro atoms. The number of fused-ring (bicyclic) bond motifs is 1. The van der Waals surface area contributed by atoms with Crippen LogP contribution in [0.5, 0.6) is 0 Å². The van der Waals surface area contributed by atoms with Crippen LogP contribution in [0.2, 0.25) is 10.0 Å². The van der Waals surface area contributed by atoms with Crippen molar-refractivity contribution in [1.82, 2.24) is 19.9 Å². The molecule has 0 saturated heterocycles. The SMILES string of the molecule is C[C@@H]1[C@H](C)CCC[C@H]1NC(=O)[C@@H](C)Sc1nnc2c(Cl)cc(Cl)cn12. The third-order valence-corrected chi connectivity index (χ3v) is 6.62. The van der Waals surface area contributed by atoms with E-state index in [0.29, 0.717) is 32.7 Å². The number of halogens is 2. The van der Waals surface area contributed by atoms with Gasteiger partial charge in [0.25, 0.3) is 0 Å². The minimum atomic E-state index is -0.283. The van der Waals surface area contributed by atoms with E-state index in [9.17, 15) is 4.79 Å². The van der Waals surface area contributed by atoms with Crippen LogP contribution in [0.1, 0.15) is 40.0 Å². The summed E-state index contributed by atoms with van der Waals surface area (Å²) in [6.45, 7) is 6.36. The lowest BCUT2D eigenvalue weighted by atomic mass is 9.78. The maximum absolute atomic E-state index is 12.6. The van der Waals surface area contributed by atoms with Crippen molar-refractivity contribution >= 4 is 46.5 Å². The molecule has 1 fully saturated rings. The summed E-state index contributed by atoms with van der Waals surface area (Å²) < 4.78 is 1.73. The fourth-order valence-corrected chi connectivity index (χ4v) is 4.62. The van der Waals surface area contributed by atoms with Gasteiger partial charge in [-0.3, -0.25) is 9.20 Å². The molecule has 0 unspecified atom stereocenters. The van der Waals surface area contributed by atoms with Gasteiger partial charge < -0.3 is 5.32 Å². The average Bonchev–Trinajstić information content (AvgIpc) is 2.95. The Kier molecular flexibility index (Phi) is 5.81. The number of hydrogen-bond donors (Lipinski definition) is 1. The predicted octanol–water partition coefficient (Wildman–Crippen LogP) is 4.46. The number of nitrogens with one attached hydrogen (secondary N) is 1. The first-order chi connectivity index (χ1) is 11.9. The predicted molar refractivity (Wildman–Crippen MR) is 102 cm³/mol. The lowest BCUT2D eigenvalue weighted by Crippen LogP contribution is -2.46. The first-order valence-electron chi connectivity index (χ1n) is 8.53. The standard InChI is InChI=1S/C17H22Cl2N4OS/c1-9-5-4-6-14(10(9)2)20-16(24)11(3)25-17-22-21-15-13(19)7-12(18)8-23(15)17/h7-11,14H,4-6H2,1-3H3,(H,20,24)/t9-,10-,11-,14-/m1/s1. The molecule has 0 aliphatic heterocycles. The van der Waals surface area contributed by atoms with Gasteiger partial charge in [-0.15, -0.1) is 10.2 Å². The molecule has 1 N–H and O–H groups in total. The van der Waals surface area contributed by atoms with Gasteiger partial charge in [0, 0.05) is 12.2 Å². The highest BCUT2D eigenvalue weighted by molar-refractivity contribution is 8.00. The fourth-order valence-electron chi connectivity index (χ4n) is 3.28. The molecule has 2 heterocycles. The molecule has 25 heavy (non-hydrogen) atoms. The highest BCUT2D eigenvalue weighted by Gasteiger charge is 2.29. The third-order valence-electron chi connectivity index (χ3n) is 5.08. The Labute approximate surface area is 161 Å². The van der Waals surface area contributed by atoms with E-state index < -0.39 is 0 Å². The minimum absolute atomic E-state index is 0.0285. The van der Waals surface area contributed by atoms with Crippen molar-refractivity contribution in [2.45, 2.75) is 56.5 Å². The number of nitrogens with zero attached hydrogens (tertiary/aromatic N) is 3. The molecule has 1 amide bonds. The van der Waals surface area contributed by atoms with Gasteiger partial charge in [0.2, 0.25) is 5.91 Å². The van der Waals surface area contributed by atoms with Crippen molar-refractivity contribution in [3.63, 3.8) is 0 Å². The number of hydrogen-bond acceptors (Lipinski definition) is 4. The molecular weight excluding hydrogens is 379 g/mol. The van der Waals surface area contributed by atoms with Crippen LogP contribution in [0.3, 0.4) is 0 Å². The van der Waals surface area contributed by atoms with E-state index in [1.54, 1.807) is 16.7 Å². The van der Waals surface area contributed by atoms with Gasteiger partial charge >= 0.3 is 0 Å². The lowest BCUT2D eigenvalue weighted by molar-refractivity contribution is -0.121. The maximum atomic E-state index is 12.6. The first-order valence-corrected chi connectivity index (χ1v) is 10.2. The van der Waals surface area contributed by atoms with Gasteiger partial charge in [-0.2, -0.15) is 0 Å². The molecule has 2 aromatic rings. The first kappa shape index (κ1) is 18.8. The molecular formula is C17H22Cl2N4OS. The van der Waals surface area contributed by atoms with Crippen molar-refractivity contribution in [3.8, 4) is 0 Å². The number of thioether (sulfide) groups is 1. The summed E-state index contributed by atoms with van der Waals surface area (Å²) in [6.07, 6.45) is 5.17. The second kappa shape index (κ2) is 7.72. The minimum Gasteiger partial charge on any atom is -0.352 e. The van der Waals surface area contributed by atoms with Crippen LogP contribution in [0.25, 0.3) is 5.65 Å². The quantitative estimate of drug-likeness (QED) is 0.769. The number of carbonyl (C=O) groups is 1. The maximum Gasteiger partial charge on any atom is 0.233 e. The fraction of sp³-hybridized carbons (Fsp3) is 0.588. The highest BCUT2D eigenvalue weighted by Crippen LogP contribution is 2.31. The van der Waals surface area contributed by atoms with E-state index in [1.165, 1.54) is 24.6 Å². The topological polar surface area (TPSA) is 59.3 Å². The number of rotatable bonds is 4. The third kappa shape index (κ3) is 4.07. The van der Waals surface area contributed by atoms with Crippen LogP contribution in [-0.4, -0.2) is 31.8 Å². The Hall–Kier alpha value is -0.980. The molecule has 2 aromatic heterocycles. The Balaban J connectivity index is 1.69. The zero-order valence-corrected chi connectivity index (χ0v) is 16.8. The molecule has 0 aromatic carbocycles. The average molecular weight is 401 g/mol. The van der Waals surface area contributed by atoms with Crippen LogP contribution in [0, 0.1) is 11.8 Å². The lowest BCUT2D eigenvalue weighted by Gasteiger charge is -2.35. The summed E-state index contributed by atoms with van der Waals surface area (Å²) >= 11 is 13.6. The second-order valence-corrected chi connectivity index (χ2v) is 8.98. The summed E-state index contributed by atoms with van der Waals surface area (Å²) in [5, 5.41) is 12.7. The van der Waals surface area contributed by atoms with Gasteiger partial charge in [-0.25, -0.2) is 0 Å². The molecule has 0 bridgehead atoms. The van der Waals surface area contributed by atoms with Crippen LogP contribution in [0.15, 0.2) is 17.4 Å². The van der Waals surface area contributed by atoms with Crippen molar-refractivity contribution in [2.75, 3.05) is 0 Å². The Morgan fingerprint density at radius 1 is 1.36 bits per heavy atom. The Morgan fingerprint density at radius 2 is 2.12 bits per heavy atom. The van der Waals surface area contributed by atoms with E-state index >= 15 is 0 Å². The summed E-state index contributed by atoms with van der Waals surface area (Å²) in [4.78, 5) is 12.6. The Bertz CT molecular complexity index is 781. The number of amides is 1. The molecule has 1 aliphatic rings. The van der Waals surface area contributed by atoms with E-state index in [0.717, 1.165) is 6.42 Å². The van der Waals surface area contributed by atoms with Gasteiger partial charge in [0.05, 0.1) is 15.3 Å². The van der Waals surface area contributed by atoms with E-state index in [4.69, 9.17) is 23.2 Å². The summed E-state index contributed by atoms with van der Waals surface area (Å²) in [6, 6.07) is 1.88. The zero-order chi connectivity index (χ0) is 18.1. The Morgan fingerprint density at radius 3 is 2.88 bits per heavy atom. The van der Waals surface area contributed by atoms with Crippen LogP contribution in [-0.2, 0) is 4.79 Å². The molecule has 8 heteroatoms. The van der Waals surface area contributed by atoms with Crippen LogP contribution < -0.4 is 5.32 Å². The smallest absolute Gasteiger partial charge is 0.233 e. The van der Waals surface area contributed by atoms with Crippen molar-refractivity contribution < 1.29 is 4.79 Å². The van der Waals surface area contributed by atoms with Gasteiger partial charge in [-0.05, 0) is 31.2 Å². The highest BCUT2D eigenvalue weighted by atomic mass is 35.5. The van der Waals surface area contributed by atoms with Crippen molar-refractivity contribution in [3.05, 3.63) is 22.3 Å². The van der Waals surface area contributed by atoms with E-state index in [2.05, 4.69) is 29.4 Å². The van der Waals surface area contributed by atoms with E-state index in [1.807, 2.05) is 6.92 Å². The van der Waals surface area contributed by atoms with Crippen molar-refractivity contribution in [2.24, 2.45) is 11.8 Å². The van der Waals surface area contributed by atoms with Gasteiger partial charge in [0.15, 0.2) is 10.8 Å². The molecule has 4 atom stereocenters. The molecule has 0 radical (unpaired) electrons. The van der Waals surface area contributed by atoms with Crippen LogP contribution >= 0.6 is 35.0 Å². The largest absolute Gasteiger partial charge is 0.352 e.